The van der Waals surface area contributed by atoms with Gasteiger partial charge in [0.1, 0.15) is 5.69 Å². The zero-order valence-corrected chi connectivity index (χ0v) is 8.85. The summed E-state index contributed by atoms with van der Waals surface area (Å²) in [5.74, 6) is 0.172. The van der Waals surface area contributed by atoms with Crippen molar-refractivity contribution in [1.29, 1.82) is 0 Å². The van der Waals surface area contributed by atoms with E-state index in [9.17, 15) is 4.79 Å². The van der Waals surface area contributed by atoms with Crippen LogP contribution >= 0.6 is 11.3 Å². The number of Topliss-reactive ketones (excluding diaryl/α,β-unsaturated/α-hetero) is 1. The Bertz CT molecular complexity index is 291. The third-order valence-corrected chi connectivity index (χ3v) is 3.15. The lowest BCUT2D eigenvalue weighted by atomic mass is 9.99. The molecule has 0 bridgehead atoms. The van der Waals surface area contributed by atoms with E-state index in [1.165, 1.54) is 24.2 Å². The van der Waals surface area contributed by atoms with Gasteiger partial charge >= 0.3 is 0 Å². The fourth-order valence-electron chi connectivity index (χ4n) is 1.78. The molecule has 1 unspecified atom stereocenters. The molecule has 3 nitrogen and oxygen atoms in total. The Balaban J connectivity index is 1.87. The van der Waals surface area contributed by atoms with Gasteiger partial charge in [0, 0.05) is 17.8 Å². The van der Waals surface area contributed by atoms with Gasteiger partial charge in [0.05, 0.1) is 5.51 Å². The van der Waals surface area contributed by atoms with Gasteiger partial charge in [-0.05, 0) is 19.4 Å². The van der Waals surface area contributed by atoms with Gasteiger partial charge in [0.25, 0.3) is 0 Å². The molecular formula is C10H14N2OS. The molecule has 2 heterocycles. The van der Waals surface area contributed by atoms with Crippen LogP contribution in [0.1, 0.15) is 36.2 Å². The number of nitrogens with zero attached hydrogens (tertiary/aromatic N) is 1. The standard InChI is InChI=1S/C10H14N2OS/c13-10(9-6-14-7-12-9)5-8-3-1-2-4-11-8/h6-8,11H,1-5H2. The minimum Gasteiger partial charge on any atom is -0.314 e. The zero-order valence-electron chi connectivity index (χ0n) is 8.03. The van der Waals surface area contributed by atoms with E-state index in [1.54, 1.807) is 5.51 Å². The minimum atomic E-state index is 0.172. The minimum absolute atomic E-state index is 0.172. The second-order valence-corrected chi connectivity index (χ2v) is 4.37. The Hall–Kier alpha value is -0.740. The highest BCUT2D eigenvalue weighted by Gasteiger charge is 2.17. The maximum atomic E-state index is 11.7. The van der Waals surface area contributed by atoms with Crippen LogP contribution in [-0.2, 0) is 0 Å². The highest BCUT2D eigenvalue weighted by atomic mass is 32.1. The predicted octanol–water partition coefficient (Wildman–Crippen LogP) is 1.86. The van der Waals surface area contributed by atoms with Crippen molar-refractivity contribution in [2.75, 3.05) is 6.54 Å². The number of hydrogen-bond donors (Lipinski definition) is 1. The molecule has 1 atom stereocenters. The van der Waals surface area contributed by atoms with Gasteiger partial charge in [-0.3, -0.25) is 4.79 Å². The van der Waals surface area contributed by atoms with Crippen molar-refractivity contribution < 1.29 is 4.79 Å². The van der Waals surface area contributed by atoms with Gasteiger partial charge in [-0.2, -0.15) is 0 Å². The number of piperidine rings is 1. The normalized spacial score (nSPS) is 22.1. The van der Waals surface area contributed by atoms with Gasteiger partial charge in [0.2, 0.25) is 0 Å². The molecule has 0 saturated carbocycles. The summed E-state index contributed by atoms with van der Waals surface area (Å²) >= 11 is 1.48. The number of nitrogens with one attached hydrogen (secondary N) is 1. The molecule has 1 N–H and O–H groups in total. The quantitative estimate of drug-likeness (QED) is 0.774. The summed E-state index contributed by atoms with van der Waals surface area (Å²) in [4.78, 5) is 15.7. The SMILES string of the molecule is O=C(CC1CCCCN1)c1cscn1. The molecular weight excluding hydrogens is 196 g/mol. The van der Waals surface area contributed by atoms with Crippen LogP contribution in [0.2, 0.25) is 0 Å². The lowest BCUT2D eigenvalue weighted by Crippen LogP contribution is -2.35. The first kappa shape index (κ1) is 9.80. The molecule has 1 saturated heterocycles. The fraction of sp³-hybridized carbons (Fsp3) is 0.600. The molecule has 1 aromatic heterocycles. The van der Waals surface area contributed by atoms with E-state index in [0.29, 0.717) is 18.2 Å². The summed E-state index contributed by atoms with van der Waals surface area (Å²) in [6.07, 6.45) is 4.20. The monoisotopic (exact) mass is 210 g/mol. The molecule has 0 radical (unpaired) electrons. The van der Waals surface area contributed by atoms with Gasteiger partial charge in [-0.25, -0.2) is 4.98 Å². The first-order valence-corrected chi connectivity index (χ1v) is 5.95. The summed E-state index contributed by atoms with van der Waals surface area (Å²) in [6, 6.07) is 0.373. The van der Waals surface area contributed by atoms with Gasteiger partial charge in [-0.15, -0.1) is 11.3 Å². The van der Waals surface area contributed by atoms with Crippen LogP contribution in [0, 0.1) is 0 Å². The molecule has 1 fully saturated rings. The van der Waals surface area contributed by atoms with E-state index < -0.39 is 0 Å². The topological polar surface area (TPSA) is 42.0 Å². The van der Waals surface area contributed by atoms with E-state index in [0.717, 1.165) is 13.0 Å². The maximum absolute atomic E-state index is 11.7. The van der Waals surface area contributed by atoms with Crippen molar-refractivity contribution in [3.05, 3.63) is 16.6 Å². The van der Waals surface area contributed by atoms with Crippen molar-refractivity contribution in [3.63, 3.8) is 0 Å². The number of aromatic nitrogens is 1. The summed E-state index contributed by atoms with van der Waals surface area (Å²) in [5, 5.41) is 5.19. The third kappa shape index (κ3) is 2.39. The second-order valence-electron chi connectivity index (χ2n) is 3.65. The number of ketones is 1. The molecule has 14 heavy (non-hydrogen) atoms. The Kier molecular flexibility index (Phi) is 3.26. The van der Waals surface area contributed by atoms with Crippen molar-refractivity contribution in [2.24, 2.45) is 0 Å². The maximum Gasteiger partial charge on any atom is 0.183 e. The number of hydrogen-bond acceptors (Lipinski definition) is 4. The number of rotatable bonds is 3. The van der Waals surface area contributed by atoms with Crippen LogP contribution in [0.25, 0.3) is 0 Å². The average Bonchev–Trinajstić information content (AvgIpc) is 2.72. The fourth-order valence-corrected chi connectivity index (χ4v) is 2.33. The smallest absolute Gasteiger partial charge is 0.183 e. The Labute approximate surface area is 87.6 Å². The van der Waals surface area contributed by atoms with Crippen LogP contribution in [0.15, 0.2) is 10.9 Å². The highest BCUT2D eigenvalue weighted by Crippen LogP contribution is 2.13. The third-order valence-electron chi connectivity index (χ3n) is 2.56. The van der Waals surface area contributed by atoms with E-state index in [-0.39, 0.29) is 5.78 Å². The van der Waals surface area contributed by atoms with Crippen molar-refractivity contribution in [3.8, 4) is 0 Å². The van der Waals surface area contributed by atoms with Crippen molar-refractivity contribution in [2.45, 2.75) is 31.7 Å². The average molecular weight is 210 g/mol. The van der Waals surface area contributed by atoms with Crippen LogP contribution in [0.5, 0.6) is 0 Å². The molecule has 1 aliphatic rings. The number of thiazole rings is 1. The number of carbonyl (C=O) groups is 1. The van der Waals surface area contributed by atoms with E-state index >= 15 is 0 Å². The number of carbonyl (C=O) groups excluding carboxylic acids is 1. The van der Waals surface area contributed by atoms with Gasteiger partial charge in [-0.1, -0.05) is 6.42 Å². The Morgan fingerprint density at radius 2 is 2.57 bits per heavy atom. The summed E-state index contributed by atoms with van der Waals surface area (Å²) in [6.45, 7) is 1.05. The second kappa shape index (κ2) is 4.66. The molecule has 4 heteroatoms. The van der Waals surface area contributed by atoms with Crippen LogP contribution in [0.4, 0.5) is 0 Å². The Morgan fingerprint density at radius 3 is 3.21 bits per heavy atom. The predicted molar refractivity (Wildman–Crippen MR) is 56.7 cm³/mol. The summed E-state index contributed by atoms with van der Waals surface area (Å²) in [5.41, 5.74) is 2.34. The largest absolute Gasteiger partial charge is 0.314 e. The van der Waals surface area contributed by atoms with Gasteiger partial charge in [0.15, 0.2) is 5.78 Å². The molecule has 1 aromatic rings. The van der Waals surface area contributed by atoms with Crippen LogP contribution in [-0.4, -0.2) is 23.4 Å². The zero-order chi connectivity index (χ0) is 9.80. The van der Waals surface area contributed by atoms with Crippen molar-refractivity contribution >= 4 is 17.1 Å². The van der Waals surface area contributed by atoms with E-state index in [1.807, 2.05) is 5.38 Å². The Morgan fingerprint density at radius 1 is 1.64 bits per heavy atom. The summed E-state index contributed by atoms with van der Waals surface area (Å²) in [7, 11) is 0. The first-order chi connectivity index (χ1) is 6.86. The molecule has 0 aliphatic carbocycles. The molecule has 1 aliphatic heterocycles. The molecule has 0 aromatic carbocycles. The van der Waals surface area contributed by atoms with Gasteiger partial charge < -0.3 is 5.32 Å². The molecule has 0 spiro atoms. The van der Waals surface area contributed by atoms with Crippen LogP contribution in [0.3, 0.4) is 0 Å². The van der Waals surface area contributed by atoms with E-state index in [2.05, 4.69) is 10.3 Å². The highest BCUT2D eigenvalue weighted by molar-refractivity contribution is 7.07. The lowest BCUT2D eigenvalue weighted by Gasteiger charge is -2.22. The van der Waals surface area contributed by atoms with E-state index in [4.69, 9.17) is 0 Å². The molecule has 76 valence electrons. The first-order valence-electron chi connectivity index (χ1n) is 5.01. The lowest BCUT2D eigenvalue weighted by molar-refractivity contribution is 0.0959. The summed E-state index contributed by atoms with van der Waals surface area (Å²) < 4.78 is 0. The van der Waals surface area contributed by atoms with Crippen molar-refractivity contribution in [1.82, 2.24) is 10.3 Å². The van der Waals surface area contributed by atoms with Crippen LogP contribution < -0.4 is 5.32 Å². The molecule has 0 amide bonds. The molecule has 2 rings (SSSR count).